The number of piperidine rings is 1. The number of nitrogens with two attached hydrogens (primary N) is 1. The first-order valence-electron chi connectivity index (χ1n) is 10.9. The fourth-order valence-corrected chi connectivity index (χ4v) is 4.18. The Morgan fingerprint density at radius 3 is 2.46 bits per heavy atom. The minimum Gasteiger partial charge on any atom is -0.380 e. The van der Waals surface area contributed by atoms with Gasteiger partial charge in [-0.3, -0.25) is 9.78 Å². The van der Waals surface area contributed by atoms with Gasteiger partial charge in [0.05, 0.1) is 22.9 Å². The third kappa shape index (κ3) is 7.84. The van der Waals surface area contributed by atoms with Gasteiger partial charge in [-0.15, -0.1) is 37.2 Å². The van der Waals surface area contributed by atoms with Crippen LogP contribution in [0.2, 0.25) is 0 Å². The van der Waals surface area contributed by atoms with Crippen LogP contribution in [0.1, 0.15) is 51.4 Å². The van der Waals surface area contributed by atoms with Crippen molar-refractivity contribution in [3.8, 4) is 6.07 Å². The molecule has 1 saturated heterocycles. The molecule has 1 amide bonds. The Morgan fingerprint density at radius 1 is 1.03 bits per heavy atom. The van der Waals surface area contributed by atoms with Crippen molar-refractivity contribution in [2.75, 3.05) is 18.4 Å². The van der Waals surface area contributed by atoms with E-state index in [0.29, 0.717) is 30.1 Å². The fourth-order valence-electron chi connectivity index (χ4n) is 4.18. The molecule has 6 nitrogen and oxygen atoms in total. The second-order valence-corrected chi connectivity index (χ2v) is 8.14. The Labute approximate surface area is 225 Å². The molecule has 2 heterocycles. The van der Waals surface area contributed by atoms with Crippen molar-refractivity contribution < 1.29 is 4.79 Å². The van der Waals surface area contributed by atoms with Gasteiger partial charge < -0.3 is 16.0 Å². The molecule has 0 spiro atoms. The number of nitrogens with one attached hydrogen (secondary N) is 1. The Morgan fingerprint density at radius 2 is 1.74 bits per heavy atom. The highest BCUT2D eigenvalue weighted by Crippen LogP contribution is 2.29. The molecule has 0 saturated carbocycles. The SMILES string of the molecule is Cl.Cl.Cl.N#Cc1cccc(CNc2cncc(C(=O)N3CCC(c4cccc(CN)c4)CC3)c2)c1. The van der Waals surface area contributed by atoms with Crippen molar-refractivity contribution in [2.24, 2.45) is 5.73 Å². The molecular formula is C26H30Cl3N5O. The first-order valence-corrected chi connectivity index (χ1v) is 10.9. The van der Waals surface area contributed by atoms with Crippen LogP contribution in [0.3, 0.4) is 0 Å². The molecule has 1 aliphatic heterocycles. The lowest BCUT2D eigenvalue weighted by atomic mass is 9.88. The van der Waals surface area contributed by atoms with Gasteiger partial charge in [-0.1, -0.05) is 36.4 Å². The molecular weight excluding hydrogens is 505 g/mol. The Kier molecular flexibility index (Phi) is 12.6. The van der Waals surface area contributed by atoms with Crippen molar-refractivity contribution in [2.45, 2.75) is 31.8 Å². The summed E-state index contributed by atoms with van der Waals surface area (Å²) >= 11 is 0. The van der Waals surface area contributed by atoms with Gasteiger partial charge in [-0.25, -0.2) is 0 Å². The largest absolute Gasteiger partial charge is 0.380 e. The number of likely N-dealkylation sites (tertiary alicyclic amines) is 1. The summed E-state index contributed by atoms with van der Waals surface area (Å²) in [4.78, 5) is 19.2. The minimum atomic E-state index is 0. The van der Waals surface area contributed by atoms with E-state index >= 15 is 0 Å². The predicted octanol–water partition coefficient (Wildman–Crippen LogP) is 5.31. The predicted molar refractivity (Wildman–Crippen MR) is 147 cm³/mol. The van der Waals surface area contributed by atoms with Crippen molar-refractivity contribution in [1.29, 1.82) is 5.26 Å². The number of benzene rings is 2. The van der Waals surface area contributed by atoms with Crippen LogP contribution in [0.5, 0.6) is 0 Å². The average molecular weight is 535 g/mol. The van der Waals surface area contributed by atoms with Gasteiger partial charge >= 0.3 is 0 Å². The van der Waals surface area contributed by atoms with Crippen LogP contribution in [-0.2, 0) is 13.1 Å². The zero-order valence-corrected chi connectivity index (χ0v) is 21.7. The number of carbonyl (C=O) groups excluding carboxylic acids is 1. The quantitative estimate of drug-likeness (QED) is 0.447. The molecule has 0 unspecified atom stereocenters. The number of nitrogens with zero attached hydrogens (tertiary/aromatic N) is 3. The summed E-state index contributed by atoms with van der Waals surface area (Å²) in [6.45, 7) is 2.57. The monoisotopic (exact) mass is 533 g/mol. The highest BCUT2D eigenvalue weighted by molar-refractivity contribution is 5.94. The molecule has 3 N–H and O–H groups in total. The molecule has 9 heteroatoms. The summed E-state index contributed by atoms with van der Waals surface area (Å²) in [5, 5.41) is 12.3. The number of hydrogen-bond acceptors (Lipinski definition) is 5. The van der Waals surface area contributed by atoms with E-state index in [2.05, 4.69) is 40.6 Å². The van der Waals surface area contributed by atoms with Gasteiger partial charge in [0.15, 0.2) is 0 Å². The molecule has 186 valence electrons. The first-order chi connectivity index (χ1) is 15.7. The van der Waals surface area contributed by atoms with E-state index in [1.165, 1.54) is 5.56 Å². The van der Waals surface area contributed by atoms with E-state index in [1.54, 1.807) is 18.5 Å². The highest BCUT2D eigenvalue weighted by atomic mass is 35.5. The zero-order valence-electron chi connectivity index (χ0n) is 19.2. The Hall–Kier alpha value is -2.82. The molecule has 2 aromatic carbocycles. The second kappa shape index (κ2) is 14.6. The third-order valence-electron chi connectivity index (χ3n) is 5.98. The van der Waals surface area contributed by atoms with E-state index in [1.807, 2.05) is 29.2 Å². The fraction of sp³-hybridized carbons (Fsp3) is 0.269. The maximum Gasteiger partial charge on any atom is 0.255 e. The normalized spacial score (nSPS) is 12.9. The molecule has 35 heavy (non-hydrogen) atoms. The van der Waals surface area contributed by atoms with Crippen LogP contribution >= 0.6 is 37.2 Å². The lowest BCUT2D eigenvalue weighted by Gasteiger charge is -2.32. The molecule has 0 radical (unpaired) electrons. The van der Waals surface area contributed by atoms with Crippen LogP contribution in [0.4, 0.5) is 5.69 Å². The molecule has 3 aromatic rings. The number of amides is 1. The zero-order chi connectivity index (χ0) is 22.3. The van der Waals surface area contributed by atoms with Gasteiger partial charge in [0.1, 0.15) is 0 Å². The number of pyridine rings is 1. The van der Waals surface area contributed by atoms with E-state index < -0.39 is 0 Å². The number of rotatable bonds is 6. The van der Waals surface area contributed by atoms with E-state index in [0.717, 1.165) is 42.7 Å². The molecule has 0 atom stereocenters. The number of aromatic nitrogens is 1. The Bertz CT molecular complexity index is 1140. The number of hydrogen-bond donors (Lipinski definition) is 2. The Balaban J connectivity index is 0.00000204. The molecule has 1 aromatic heterocycles. The topological polar surface area (TPSA) is 95.0 Å². The molecule has 0 aliphatic carbocycles. The first kappa shape index (κ1) is 30.2. The van der Waals surface area contributed by atoms with Crippen molar-refractivity contribution in [1.82, 2.24) is 9.88 Å². The van der Waals surface area contributed by atoms with Gasteiger partial charge in [0, 0.05) is 38.6 Å². The maximum atomic E-state index is 13.1. The summed E-state index contributed by atoms with van der Waals surface area (Å²) in [6, 6.07) is 19.9. The van der Waals surface area contributed by atoms with Gasteiger partial charge in [-0.05, 0) is 53.6 Å². The van der Waals surface area contributed by atoms with Crippen LogP contribution in [0.25, 0.3) is 0 Å². The average Bonchev–Trinajstić information content (AvgIpc) is 2.87. The number of nitriles is 1. The lowest BCUT2D eigenvalue weighted by molar-refractivity contribution is 0.0712. The van der Waals surface area contributed by atoms with Crippen LogP contribution < -0.4 is 11.1 Å². The van der Waals surface area contributed by atoms with Crippen molar-refractivity contribution in [3.05, 3.63) is 94.8 Å². The number of anilines is 1. The van der Waals surface area contributed by atoms with E-state index in [9.17, 15) is 4.79 Å². The van der Waals surface area contributed by atoms with Gasteiger partial charge in [0.2, 0.25) is 0 Å². The van der Waals surface area contributed by atoms with E-state index in [4.69, 9.17) is 11.0 Å². The lowest BCUT2D eigenvalue weighted by Crippen LogP contribution is -2.38. The van der Waals surface area contributed by atoms with E-state index in [-0.39, 0.29) is 43.1 Å². The van der Waals surface area contributed by atoms with Crippen LogP contribution in [0, 0.1) is 11.3 Å². The van der Waals surface area contributed by atoms with Crippen molar-refractivity contribution in [3.63, 3.8) is 0 Å². The van der Waals surface area contributed by atoms with Crippen LogP contribution in [0.15, 0.2) is 67.0 Å². The van der Waals surface area contributed by atoms with Crippen LogP contribution in [-0.4, -0.2) is 28.9 Å². The summed E-state index contributed by atoms with van der Waals surface area (Å²) in [7, 11) is 0. The number of carbonyl (C=O) groups is 1. The summed E-state index contributed by atoms with van der Waals surface area (Å²) in [5.74, 6) is 0.475. The third-order valence-corrected chi connectivity index (χ3v) is 5.98. The maximum absolute atomic E-state index is 13.1. The smallest absolute Gasteiger partial charge is 0.255 e. The van der Waals surface area contributed by atoms with Gasteiger partial charge in [-0.2, -0.15) is 5.26 Å². The second-order valence-electron chi connectivity index (χ2n) is 8.14. The van der Waals surface area contributed by atoms with Crippen molar-refractivity contribution >= 4 is 48.8 Å². The standard InChI is InChI=1S/C26H27N5O.3ClH/c27-14-19-3-1-5-21(11-19)16-30-25-13-24(17-29-18-25)26(32)31-9-7-22(8-10-31)23-6-2-4-20(12-23)15-28;;;/h1-6,11-13,17-18,22,30H,7-10,15-16,28H2;3*1H. The van der Waals surface area contributed by atoms with Gasteiger partial charge in [0.25, 0.3) is 5.91 Å². The minimum absolute atomic E-state index is 0. The molecule has 0 bridgehead atoms. The summed E-state index contributed by atoms with van der Waals surface area (Å²) in [5.41, 5.74) is 11.2. The number of halogens is 3. The summed E-state index contributed by atoms with van der Waals surface area (Å²) in [6.07, 6.45) is 5.23. The highest BCUT2D eigenvalue weighted by Gasteiger charge is 2.25. The molecule has 1 fully saturated rings. The molecule has 4 rings (SSSR count). The molecule has 1 aliphatic rings. The summed E-state index contributed by atoms with van der Waals surface area (Å²) < 4.78 is 0.